The van der Waals surface area contributed by atoms with Crippen molar-refractivity contribution in [2.45, 2.75) is 386 Å². The molecule has 0 aliphatic carbocycles. The topological polar surface area (TPSA) is 78.9 Å². The number of ether oxygens (including phenoxy) is 3. The molecule has 0 saturated heterocycles. The van der Waals surface area contributed by atoms with Crippen LogP contribution in [0.5, 0.6) is 0 Å². The molecule has 81 heavy (non-hydrogen) atoms. The first kappa shape index (κ1) is 78.1. The van der Waals surface area contributed by atoms with E-state index in [-0.39, 0.29) is 31.1 Å². The number of allylic oxidation sites excluding steroid dienone is 10. The summed E-state index contributed by atoms with van der Waals surface area (Å²) in [6.07, 6.45) is 89.6. The number of rotatable bonds is 66. The van der Waals surface area contributed by atoms with Gasteiger partial charge in [0, 0.05) is 19.3 Å². The zero-order chi connectivity index (χ0) is 58.5. The van der Waals surface area contributed by atoms with Gasteiger partial charge in [-0.2, -0.15) is 0 Å². The van der Waals surface area contributed by atoms with Gasteiger partial charge in [0.2, 0.25) is 0 Å². The molecule has 0 amide bonds. The lowest BCUT2D eigenvalue weighted by Crippen LogP contribution is -2.30. The summed E-state index contributed by atoms with van der Waals surface area (Å²) in [5.74, 6) is -0.847. The number of unbranched alkanes of at least 4 members (excludes halogenated alkanes) is 45. The van der Waals surface area contributed by atoms with Gasteiger partial charge in [-0.25, -0.2) is 0 Å². The van der Waals surface area contributed by atoms with Crippen LogP contribution in [0.25, 0.3) is 0 Å². The van der Waals surface area contributed by atoms with Crippen molar-refractivity contribution in [3.8, 4) is 0 Å². The van der Waals surface area contributed by atoms with E-state index >= 15 is 0 Å². The van der Waals surface area contributed by atoms with E-state index in [9.17, 15) is 14.4 Å². The number of esters is 3. The first-order valence-electron chi connectivity index (χ1n) is 35.8. The fourth-order valence-electron chi connectivity index (χ4n) is 10.7. The Labute approximate surface area is 504 Å². The predicted molar refractivity (Wildman–Crippen MR) is 353 cm³/mol. The molecule has 0 saturated carbocycles. The minimum absolute atomic E-state index is 0.0703. The van der Waals surface area contributed by atoms with Gasteiger partial charge in [-0.1, -0.05) is 338 Å². The number of carbonyl (C=O) groups excluding carboxylic acids is 3. The van der Waals surface area contributed by atoms with Crippen LogP contribution in [0.1, 0.15) is 380 Å². The Balaban J connectivity index is 4.31. The van der Waals surface area contributed by atoms with Gasteiger partial charge in [0.15, 0.2) is 6.10 Å². The summed E-state index contributed by atoms with van der Waals surface area (Å²) in [5.41, 5.74) is 0. The molecule has 1 atom stereocenters. The van der Waals surface area contributed by atoms with Crippen molar-refractivity contribution in [1.29, 1.82) is 0 Å². The molecule has 0 bridgehead atoms. The summed E-state index contributed by atoms with van der Waals surface area (Å²) in [5, 5.41) is 0. The maximum Gasteiger partial charge on any atom is 0.306 e. The van der Waals surface area contributed by atoms with Gasteiger partial charge in [0.25, 0.3) is 0 Å². The minimum atomic E-state index is -0.776. The molecule has 0 aliphatic heterocycles. The largest absolute Gasteiger partial charge is 0.462 e. The van der Waals surface area contributed by atoms with Crippen LogP contribution in [-0.4, -0.2) is 37.2 Å². The molecule has 0 N–H and O–H groups in total. The molecule has 0 radical (unpaired) electrons. The normalized spacial score (nSPS) is 12.4. The van der Waals surface area contributed by atoms with Crippen LogP contribution < -0.4 is 0 Å². The Bertz CT molecular complexity index is 1440. The van der Waals surface area contributed by atoms with Gasteiger partial charge in [0.1, 0.15) is 13.2 Å². The van der Waals surface area contributed by atoms with E-state index in [0.717, 1.165) is 83.5 Å². The number of hydrogen-bond acceptors (Lipinski definition) is 6. The van der Waals surface area contributed by atoms with E-state index in [4.69, 9.17) is 14.2 Å². The van der Waals surface area contributed by atoms with E-state index in [1.165, 1.54) is 257 Å². The van der Waals surface area contributed by atoms with Gasteiger partial charge < -0.3 is 14.2 Å². The van der Waals surface area contributed by atoms with Crippen LogP contribution in [0.4, 0.5) is 0 Å². The third-order valence-electron chi connectivity index (χ3n) is 16.0. The lowest BCUT2D eigenvalue weighted by Gasteiger charge is -2.18. The van der Waals surface area contributed by atoms with Gasteiger partial charge in [-0.15, -0.1) is 0 Å². The zero-order valence-electron chi connectivity index (χ0n) is 54.3. The van der Waals surface area contributed by atoms with Crippen LogP contribution >= 0.6 is 0 Å². The van der Waals surface area contributed by atoms with Crippen molar-refractivity contribution >= 4 is 17.9 Å². The van der Waals surface area contributed by atoms with Gasteiger partial charge >= 0.3 is 17.9 Å². The van der Waals surface area contributed by atoms with Crippen molar-refractivity contribution in [3.63, 3.8) is 0 Å². The maximum absolute atomic E-state index is 13.0. The second kappa shape index (κ2) is 69.6. The highest BCUT2D eigenvalue weighted by molar-refractivity contribution is 5.71. The third-order valence-corrected chi connectivity index (χ3v) is 16.0. The highest BCUT2D eigenvalue weighted by Crippen LogP contribution is 2.18. The standard InChI is InChI=1S/C75H136O6/c1-4-7-10-13-16-19-22-25-28-31-34-35-36-37-38-39-42-44-47-50-53-56-59-62-65-68-74(77)80-71-72(81-75(78)69-66-63-60-57-54-51-48-45-41-33-30-27-24-21-18-15-12-9-6-3)70-79-73(76)67-64-61-58-55-52-49-46-43-40-32-29-26-23-20-17-14-11-8-5-2/h7,10,16,19,25,27-28,30,34-35,72H,4-6,8-9,11-15,17-18,20-24,26,29,31-33,36-71H2,1-3H3/b10-7-,19-16-,28-25-,30-27-,35-34-. The highest BCUT2D eigenvalue weighted by atomic mass is 16.6. The minimum Gasteiger partial charge on any atom is -0.462 e. The van der Waals surface area contributed by atoms with E-state index in [1.54, 1.807) is 0 Å². The molecular formula is C75H136O6. The Morgan fingerprint density at radius 3 is 0.765 bits per heavy atom. The van der Waals surface area contributed by atoms with Crippen LogP contribution in [0.3, 0.4) is 0 Å². The van der Waals surface area contributed by atoms with Crippen molar-refractivity contribution < 1.29 is 28.6 Å². The molecule has 0 spiro atoms. The molecule has 6 nitrogen and oxygen atoms in total. The molecule has 6 heteroatoms. The van der Waals surface area contributed by atoms with Crippen molar-refractivity contribution in [3.05, 3.63) is 60.8 Å². The first-order chi connectivity index (χ1) is 40.0. The van der Waals surface area contributed by atoms with Gasteiger partial charge in [0.05, 0.1) is 0 Å². The lowest BCUT2D eigenvalue weighted by atomic mass is 10.0. The molecule has 0 fully saturated rings. The van der Waals surface area contributed by atoms with Crippen molar-refractivity contribution in [2.24, 2.45) is 0 Å². The molecule has 0 aromatic rings. The summed E-state index contributed by atoms with van der Waals surface area (Å²) in [6.45, 7) is 6.59. The van der Waals surface area contributed by atoms with E-state index in [1.807, 2.05) is 0 Å². The quantitative estimate of drug-likeness (QED) is 0.0261. The SMILES string of the molecule is CC/C=C\C/C=C\C/C=C\C/C=C\CCCCCCCCCCCCCCC(=O)OCC(COC(=O)CCCCCCCCCCCCCCCCCCCCC)OC(=O)CCCCCCCCCCC/C=C\CCCCCCCC. The molecule has 0 heterocycles. The summed E-state index contributed by atoms with van der Waals surface area (Å²) in [4.78, 5) is 38.5. The average molecular weight is 1130 g/mol. The third kappa shape index (κ3) is 67.8. The van der Waals surface area contributed by atoms with Crippen LogP contribution in [0.15, 0.2) is 60.8 Å². The van der Waals surface area contributed by atoms with Crippen molar-refractivity contribution in [1.82, 2.24) is 0 Å². The Morgan fingerprint density at radius 1 is 0.259 bits per heavy atom. The summed E-state index contributed by atoms with van der Waals surface area (Å²) >= 11 is 0. The van der Waals surface area contributed by atoms with E-state index < -0.39 is 6.10 Å². The number of carbonyl (C=O) groups is 3. The lowest BCUT2D eigenvalue weighted by molar-refractivity contribution is -0.167. The van der Waals surface area contributed by atoms with E-state index in [2.05, 4.69) is 81.5 Å². The fraction of sp³-hybridized carbons (Fsp3) is 0.827. The van der Waals surface area contributed by atoms with Crippen LogP contribution in [0.2, 0.25) is 0 Å². The van der Waals surface area contributed by atoms with Gasteiger partial charge in [-0.05, 0) is 83.5 Å². The van der Waals surface area contributed by atoms with Crippen LogP contribution in [0, 0.1) is 0 Å². The summed E-state index contributed by atoms with van der Waals surface area (Å²) in [7, 11) is 0. The summed E-state index contributed by atoms with van der Waals surface area (Å²) < 4.78 is 17.0. The Kier molecular flexibility index (Phi) is 67.1. The van der Waals surface area contributed by atoms with E-state index in [0.29, 0.717) is 19.3 Å². The Morgan fingerprint density at radius 2 is 0.481 bits per heavy atom. The summed E-state index contributed by atoms with van der Waals surface area (Å²) in [6, 6.07) is 0. The first-order valence-corrected chi connectivity index (χ1v) is 35.8. The molecule has 1 unspecified atom stereocenters. The number of hydrogen-bond donors (Lipinski definition) is 0. The van der Waals surface area contributed by atoms with Crippen molar-refractivity contribution in [2.75, 3.05) is 13.2 Å². The average Bonchev–Trinajstić information content (AvgIpc) is 3.47. The zero-order valence-corrected chi connectivity index (χ0v) is 54.3. The molecule has 0 aromatic heterocycles. The maximum atomic E-state index is 13.0. The molecule has 0 aliphatic rings. The van der Waals surface area contributed by atoms with Crippen LogP contribution in [-0.2, 0) is 28.6 Å². The van der Waals surface area contributed by atoms with Gasteiger partial charge in [-0.3, -0.25) is 14.4 Å². The molecule has 0 aromatic carbocycles. The molecule has 0 rings (SSSR count). The predicted octanol–water partition coefficient (Wildman–Crippen LogP) is 24.7. The Hall–Kier alpha value is -2.89. The molecule has 472 valence electrons. The monoisotopic (exact) mass is 1130 g/mol. The second-order valence-electron chi connectivity index (χ2n) is 24.1. The highest BCUT2D eigenvalue weighted by Gasteiger charge is 2.19. The molecular weight excluding hydrogens is 997 g/mol. The smallest absolute Gasteiger partial charge is 0.306 e. The fourth-order valence-corrected chi connectivity index (χ4v) is 10.7. The second-order valence-corrected chi connectivity index (χ2v) is 24.1.